The third kappa shape index (κ3) is 1.94. The minimum atomic E-state index is -0.899. The largest absolute Gasteiger partial charge is 0.331 e. The number of nitrogens with one attached hydrogen (secondary N) is 1. The number of hydrogen-bond donors (Lipinski definition) is 1. The molecule has 1 N–H and O–H groups in total. The molecule has 2 fully saturated rings. The Balaban J connectivity index is 2.32. The van der Waals surface area contributed by atoms with Gasteiger partial charge in [0.15, 0.2) is 0 Å². The molecule has 0 radical (unpaired) electrons. The molecule has 2 aliphatic rings. The SMILES string of the molecule is CC(=O)N1C(=O)NC(=O)C12CCCCCCC2. The van der Waals surface area contributed by atoms with Crippen LogP contribution in [-0.2, 0) is 9.59 Å². The number of hydrogen-bond acceptors (Lipinski definition) is 3. The van der Waals surface area contributed by atoms with Gasteiger partial charge in [-0.25, -0.2) is 9.69 Å². The van der Waals surface area contributed by atoms with Crippen LogP contribution in [0.5, 0.6) is 0 Å². The van der Waals surface area contributed by atoms with E-state index in [1.165, 1.54) is 13.3 Å². The van der Waals surface area contributed by atoms with E-state index in [0.717, 1.165) is 30.6 Å². The lowest BCUT2D eigenvalue weighted by molar-refractivity contribution is -0.138. The van der Waals surface area contributed by atoms with Gasteiger partial charge in [0, 0.05) is 6.92 Å². The van der Waals surface area contributed by atoms with Crippen molar-refractivity contribution in [2.75, 3.05) is 0 Å². The smallest absolute Gasteiger partial charge is 0.275 e. The van der Waals surface area contributed by atoms with Crippen LogP contribution in [0.2, 0.25) is 0 Å². The molecule has 0 aromatic heterocycles. The Labute approximate surface area is 101 Å². The number of rotatable bonds is 0. The topological polar surface area (TPSA) is 66.5 Å². The van der Waals surface area contributed by atoms with E-state index in [9.17, 15) is 14.4 Å². The molecule has 2 rings (SSSR count). The summed E-state index contributed by atoms with van der Waals surface area (Å²) in [5.41, 5.74) is -0.899. The van der Waals surface area contributed by atoms with Crippen molar-refractivity contribution in [2.45, 2.75) is 57.4 Å². The Hall–Kier alpha value is -1.39. The molecular formula is C12H18N2O3. The van der Waals surface area contributed by atoms with E-state index in [-0.39, 0.29) is 11.8 Å². The zero-order valence-corrected chi connectivity index (χ0v) is 10.1. The molecule has 5 nitrogen and oxygen atoms in total. The highest BCUT2D eigenvalue weighted by molar-refractivity contribution is 6.13. The van der Waals surface area contributed by atoms with Crippen LogP contribution in [0.25, 0.3) is 0 Å². The van der Waals surface area contributed by atoms with Crippen LogP contribution in [0.3, 0.4) is 0 Å². The van der Waals surface area contributed by atoms with E-state index in [4.69, 9.17) is 0 Å². The maximum atomic E-state index is 12.0. The first-order valence-electron chi connectivity index (χ1n) is 6.24. The van der Waals surface area contributed by atoms with Gasteiger partial charge >= 0.3 is 6.03 Å². The zero-order valence-electron chi connectivity index (χ0n) is 10.1. The number of carbonyl (C=O) groups is 3. The molecule has 4 amide bonds. The molecule has 1 heterocycles. The molecule has 0 unspecified atom stereocenters. The molecule has 1 aliphatic carbocycles. The van der Waals surface area contributed by atoms with Gasteiger partial charge in [0.05, 0.1) is 0 Å². The first kappa shape index (κ1) is 12.1. The minimum Gasteiger partial charge on any atom is -0.275 e. The highest BCUT2D eigenvalue weighted by Gasteiger charge is 2.53. The van der Waals surface area contributed by atoms with Crippen molar-refractivity contribution in [3.05, 3.63) is 0 Å². The Bertz CT molecular complexity index is 357. The molecule has 0 aromatic rings. The van der Waals surface area contributed by atoms with E-state index in [1.807, 2.05) is 0 Å². The fourth-order valence-corrected chi connectivity index (χ4v) is 2.95. The number of urea groups is 1. The third-order valence-electron chi connectivity index (χ3n) is 3.77. The van der Waals surface area contributed by atoms with Gasteiger partial charge in [-0.2, -0.15) is 0 Å². The first-order chi connectivity index (χ1) is 8.08. The Morgan fingerprint density at radius 2 is 1.65 bits per heavy atom. The van der Waals surface area contributed by atoms with Gasteiger partial charge in [0.2, 0.25) is 5.91 Å². The van der Waals surface area contributed by atoms with Crippen LogP contribution >= 0.6 is 0 Å². The monoisotopic (exact) mass is 238 g/mol. The second-order valence-corrected chi connectivity index (χ2v) is 4.91. The van der Waals surface area contributed by atoms with E-state index >= 15 is 0 Å². The molecule has 1 saturated heterocycles. The number of imide groups is 2. The molecule has 0 bridgehead atoms. The van der Waals surface area contributed by atoms with Crippen molar-refractivity contribution < 1.29 is 14.4 Å². The van der Waals surface area contributed by atoms with Crippen molar-refractivity contribution in [3.63, 3.8) is 0 Å². The minimum absolute atomic E-state index is 0.292. The van der Waals surface area contributed by atoms with Crippen molar-refractivity contribution in [2.24, 2.45) is 0 Å². The van der Waals surface area contributed by atoms with Crippen LogP contribution in [-0.4, -0.2) is 28.3 Å². The maximum Gasteiger partial charge on any atom is 0.331 e. The highest BCUT2D eigenvalue weighted by Crippen LogP contribution is 2.35. The van der Waals surface area contributed by atoms with Gasteiger partial charge in [-0.1, -0.05) is 32.1 Å². The van der Waals surface area contributed by atoms with Gasteiger partial charge in [-0.05, 0) is 12.8 Å². The summed E-state index contributed by atoms with van der Waals surface area (Å²) >= 11 is 0. The van der Waals surface area contributed by atoms with E-state index < -0.39 is 11.6 Å². The van der Waals surface area contributed by atoms with Crippen LogP contribution < -0.4 is 5.32 Å². The van der Waals surface area contributed by atoms with E-state index in [1.54, 1.807) is 0 Å². The Kier molecular flexibility index (Phi) is 3.17. The van der Waals surface area contributed by atoms with Crippen molar-refractivity contribution >= 4 is 17.8 Å². The summed E-state index contributed by atoms with van der Waals surface area (Å²) in [6.45, 7) is 1.35. The predicted molar refractivity (Wildman–Crippen MR) is 61.1 cm³/mol. The van der Waals surface area contributed by atoms with Gasteiger partial charge < -0.3 is 0 Å². The normalized spacial score (nSPS) is 24.4. The fraction of sp³-hybridized carbons (Fsp3) is 0.750. The molecule has 1 spiro atoms. The fourth-order valence-electron chi connectivity index (χ4n) is 2.95. The Morgan fingerprint density at radius 1 is 1.12 bits per heavy atom. The lowest BCUT2D eigenvalue weighted by atomic mass is 9.83. The second-order valence-electron chi connectivity index (χ2n) is 4.91. The standard InChI is InChI=1S/C12H18N2O3/c1-9(15)14-11(17)13-10(16)12(14)7-5-3-2-4-6-8-12/h2-8H2,1H3,(H,13,16,17). The molecule has 1 saturated carbocycles. The lowest BCUT2D eigenvalue weighted by Gasteiger charge is -2.34. The average Bonchev–Trinajstić information content (AvgIpc) is 2.44. The van der Waals surface area contributed by atoms with Crippen molar-refractivity contribution in [1.29, 1.82) is 0 Å². The first-order valence-corrected chi connectivity index (χ1v) is 6.24. The number of nitrogens with zero attached hydrogens (tertiary/aromatic N) is 1. The maximum absolute atomic E-state index is 12.0. The van der Waals surface area contributed by atoms with Crippen LogP contribution in [0.15, 0.2) is 0 Å². The molecule has 0 aromatic carbocycles. The predicted octanol–water partition coefficient (Wildman–Crippen LogP) is 1.57. The summed E-state index contributed by atoms with van der Waals surface area (Å²) in [6.07, 6.45) is 6.29. The summed E-state index contributed by atoms with van der Waals surface area (Å²) in [7, 11) is 0. The van der Waals surface area contributed by atoms with Gasteiger partial charge in [-0.3, -0.25) is 14.9 Å². The van der Waals surface area contributed by atoms with Gasteiger partial charge in [0.25, 0.3) is 5.91 Å². The van der Waals surface area contributed by atoms with Crippen LogP contribution in [0, 0.1) is 0 Å². The Morgan fingerprint density at radius 3 is 2.18 bits per heavy atom. The average molecular weight is 238 g/mol. The number of amides is 4. The van der Waals surface area contributed by atoms with E-state index in [0.29, 0.717) is 12.8 Å². The molecule has 5 heteroatoms. The summed E-state index contributed by atoms with van der Waals surface area (Å²) in [6, 6.07) is -0.553. The van der Waals surface area contributed by atoms with Gasteiger partial charge in [-0.15, -0.1) is 0 Å². The van der Waals surface area contributed by atoms with Gasteiger partial charge in [0.1, 0.15) is 5.54 Å². The molecule has 94 valence electrons. The summed E-state index contributed by atoms with van der Waals surface area (Å²) < 4.78 is 0. The molecular weight excluding hydrogens is 220 g/mol. The summed E-state index contributed by atoms with van der Waals surface area (Å²) in [5.74, 6) is -0.631. The lowest BCUT2D eigenvalue weighted by Crippen LogP contribution is -2.52. The zero-order chi connectivity index (χ0) is 12.5. The third-order valence-corrected chi connectivity index (χ3v) is 3.77. The summed E-state index contributed by atoms with van der Waals surface area (Å²) in [5, 5.41) is 2.28. The van der Waals surface area contributed by atoms with E-state index in [2.05, 4.69) is 5.32 Å². The summed E-state index contributed by atoms with van der Waals surface area (Å²) in [4.78, 5) is 36.4. The molecule has 0 atom stereocenters. The van der Waals surface area contributed by atoms with Crippen molar-refractivity contribution in [1.82, 2.24) is 10.2 Å². The quantitative estimate of drug-likeness (QED) is 0.651. The molecule has 1 aliphatic heterocycles. The highest BCUT2D eigenvalue weighted by atomic mass is 16.2. The van der Waals surface area contributed by atoms with Crippen LogP contribution in [0.1, 0.15) is 51.9 Å². The molecule has 17 heavy (non-hydrogen) atoms. The second kappa shape index (κ2) is 4.47. The number of carbonyl (C=O) groups excluding carboxylic acids is 3. The van der Waals surface area contributed by atoms with Crippen LogP contribution in [0.4, 0.5) is 4.79 Å². The van der Waals surface area contributed by atoms with Crippen molar-refractivity contribution in [3.8, 4) is 0 Å².